The minimum absolute atomic E-state index is 0.132. The average Bonchev–Trinajstić information content (AvgIpc) is 2.67. The minimum atomic E-state index is -0.539. The van der Waals surface area contributed by atoms with E-state index in [-0.39, 0.29) is 23.1 Å². The average molecular weight is 392 g/mol. The molecule has 0 bridgehead atoms. The maximum Gasteiger partial charge on any atom is 0.282 e. The summed E-state index contributed by atoms with van der Waals surface area (Å²) in [5.41, 5.74) is 0.934. The second-order valence-corrected chi connectivity index (χ2v) is 6.34. The van der Waals surface area contributed by atoms with E-state index < -0.39 is 16.8 Å². The van der Waals surface area contributed by atoms with Crippen LogP contribution in [-0.2, 0) is 11.3 Å². The van der Waals surface area contributed by atoms with E-state index in [4.69, 9.17) is 9.47 Å². The maximum absolute atomic E-state index is 13.8. The van der Waals surface area contributed by atoms with Gasteiger partial charge in [0.1, 0.15) is 12.3 Å². The first kappa shape index (κ1) is 21.1. The molecule has 0 heterocycles. The van der Waals surface area contributed by atoms with Crippen LogP contribution in [0.4, 0.5) is 15.8 Å². The van der Waals surface area contributed by atoms with Crippen LogP contribution in [0.25, 0.3) is 0 Å². The van der Waals surface area contributed by atoms with Crippen molar-refractivity contribution in [3.05, 3.63) is 57.9 Å². The zero-order chi connectivity index (χ0) is 20.8. The second kappa shape index (κ2) is 9.14. The Kier molecular flexibility index (Phi) is 6.89. The molecular weight excluding hydrogens is 369 g/mol. The fourth-order valence-electron chi connectivity index (χ4n) is 2.66. The molecule has 1 amide bonds. The number of ether oxygens (including phenoxy) is 2. The third kappa shape index (κ3) is 4.95. The van der Waals surface area contributed by atoms with Crippen LogP contribution in [0, 0.1) is 15.9 Å². The second-order valence-electron chi connectivity index (χ2n) is 6.34. The third-order valence-electron chi connectivity index (χ3n) is 4.49. The molecule has 2 atom stereocenters. The summed E-state index contributed by atoms with van der Waals surface area (Å²) < 4.78 is 23.9. The van der Waals surface area contributed by atoms with Crippen LogP contribution in [-0.4, -0.2) is 38.1 Å². The van der Waals surface area contributed by atoms with E-state index >= 15 is 0 Å². The van der Waals surface area contributed by atoms with Crippen LogP contribution >= 0.6 is 0 Å². The topological polar surface area (TPSA) is 95.1 Å². The van der Waals surface area contributed by atoms with Crippen molar-refractivity contribution in [2.24, 2.45) is 0 Å². The molecule has 0 aromatic heterocycles. The van der Waals surface area contributed by atoms with Gasteiger partial charge in [0.2, 0.25) is 0 Å². The zero-order valence-corrected chi connectivity index (χ0v) is 16.1. The number of halogens is 1. The summed E-state index contributed by atoms with van der Waals surface area (Å²) in [5, 5.41) is 13.6. The van der Waals surface area contributed by atoms with Crippen molar-refractivity contribution in [3.63, 3.8) is 0 Å². The highest BCUT2D eigenvalue weighted by Gasteiger charge is 2.24. The number of carbonyl (C=O) groups excluding carboxylic acids is 1. The summed E-state index contributed by atoms with van der Waals surface area (Å²) >= 11 is 0. The predicted octanol–water partition coefficient (Wildman–Crippen LogP) is 1.79. The van der Waals surface area contributed by atoms with Gasteiger partial charge in [-0.25, -0.2) is 4.39 Å². The number of methoxy groups -OCH3 is 2. The molecule has 0 radical (unpaired) electrons. The Labute approximate surface area is 162 Å². The number of carbonyl (C=O) groups is 1. The molecule has 0 aliphatic rings. The summed E-state index contributed by atoms with van der Waals surface area (Å²) in [6.07, 6.45) is 0. The molecule has 0 spiro atoms. The van der Waals surface area contributed by atoms with Gasteiger partial charge >= 0.3 is 0 Å². The number of nitro benzene ring substituents is 1. The first-order valence-corrected chi connectivity index (χ1v) is 8.54. The van der Waals surface area contributed by atoms with E-state index in [1.165, 1.54) is 38.5 Å². The van der Waals surface area contributed by atoms with E-state index in [0.29, 0.717) is 12.2 Å². The quantitative estimate of drug-likeness (QED) is 0.528. The lowest BCUT2D eigenvalue weighted by Crippen LogP contribution is -3.12. The van der Waals surface area contributed by atoms with Gasteiger partial charge in [-0.3, -0.25) is 14.9 Å². The molecule has 9 heteroatoms. The van der Waals surface area contributed by atoms with Gasteiger partial charge in [0.15, 0.2) is 17.6 Å². The first-order valence-electron chi connectivity index (χ1n) is 8.54. The van der Waals surface area contributed by atoms with Gasteiger partial charge in [-0.2, -0.15) is 0 Å². The molecule has 2 rings (SSSR count). The lowest BCUT2D eigenvalue weighted by Gasteiger charge is -2.21. The number of quaternary nitrogens is 1. The number of rotatable bonds is 8. The highest BCUT2D eigenvalue weighted by Crippen LogP contribution is 2.29. The number of anilines is 1. The number of hydrogen-bond acceptors (Lipinski definition) is 5. The number of non-ortho nitro benzene ring substituents is 1. The highest BCUT2D eigenvalue weighted by atomic mass is 19.1. The van der Waals surface area contributed by atoms with Crippen molar-refractivity contribution < 1.29 is 28.5 Å². The van der Waals surface area contributed by atoms with Gasteiger partial charge in [0.05, 0.1) is 37.9 Å². The number of nitro groups is 1. The Morgan fingerprint density at radius 3 is 2.46 bits per heavy atom. The summed E-state index contributed by atoms with van der Waals surface area (Å²) in [6, 6.07) is 8.17. The van der Waals surface area contributed by atoms with E-state index in [2.05, 4.69) is 5.32 Å². The SMILES string of the molecule is COc1ccc(C[NH+](C)[C@@H](C)C(=O)Nc2ccc([N+](=O)[O-])cc2OC)cc1F. The zero-order valence-electron chi connectivity index (χ0n) is 16.1. The fraction of sp³-hybridized carbons (Fsp3) is 0.316. The summed E-state index contributed by atoms with van der Waals surface area (Å²) in [7, 11) is 4.58. The van der Waals surface area contributed by atoms with Crippen molar-refractivity contribution in [1.29, 1.82) is 0 Å². The molecule has 2 N–H and O–H groups in total. The predicted molar refractivity (Wildman–Crippen MR) is 101 cm³/mol. The van der Waals surface area contributed by atoms with Crippen LogP contribution in [0.2, 0.25) is 0 Å². The van der Waals surface area contributed by atoms with Gasteiger partial charge in [0.25, 0.3) is 11.6 Å². The molecule has 2 aromatic rings. The maximum atomic E-state index is 13.8. The summed E-state index contributed by atoms with van der Waals surface area (Å²) in [6.45, 7) is 2.16. The lowest BCUT2D eigenvalue weighted by molar-refractivity contribution is -0.907. The lowest BCUT2D eigenvalue weighted by atomic mass is 10.1. The monoisotopic (exact) mass is 392 g/mol. The van der Waals surface area contributed by atoms with Crippen LogP contribution in [0.3, 0.4) is 0 Å². The number of benzene rings is 2. The molecule has 0 aliphatic carbocycles. The number of nitrogens with zero attached hydrogens (tertiary/aromatic N) is 1. The van der Waals surface area contributed by atoms with E-state index in [1.807, 2.05) is 7.05 Å². The van der Waals surface area contributed by atoms with E-state index in [1.54, 1.807) is 19.1 Å². The van der Waals surface area contributed by atoms with Crippen LogP contribution in [0.1, 0.15) is 12.5 Å². The normalized spacial score (nSPS) is 12.8. The molecule has 0 saturated heterocycles. The molecular formula is C19H23FN3O5+. The standard InChI is InChI=1S/C19H22FN3O5/c1-12(22(2)11-13-5-8-17(27-3)15(20)9-13)19(24)21-16-7-6-14(23(25)26)10-18(16)28-4/h5-10,12H,11H2,1-4H3,(H,21,24)/p+1/t12-/m0/s1. The first-order chi connectivity index (χ1) is 13.3. The molecule has 0 saturated carbocycles. The molecule has 150 valence electrons. The Balaban J connectivity index is 2.07. The summed E-state index contributed by atoms with van der Waals surface area (Å²) in [4.78, 5) is 23.7. The Hall–Kier alpha value is -3.20. The summed E-state index contributed by atoms with van der Waals surface area (Å²) in [5.74, 6) is -0.388. The number of likely N-dealkylation sites (N-methyl/N-ethyl adjacent to an activating group) is 1. The number of amides is 1. The molecule has 28 heavy (non-hydrogen) atoms. The largest absolute Gasteiger partial charge is 0.494 e. The van der Waals surface area contributed by atoms with Gasteiger partial charge < -0.3 is 19.7 Å². The fourth-order valence-corrected chi connectivity index (χ4v) is 2.66. The number of nitrogens with one attached hydrogen (secondary N) is 2. The van der Waals surface area contributed by atoms with E-state index in [0.717, 1.165) is 10.5 Å². The van der Waals surface area contributed by atoms with Gasteiger partial charge in [-0.05, 0) is 31.2 Å². The van der Waals surface area contributed by atoms with Crippen LogP contribution in [0.15, 0.2) is 36.4 Å². The molecule has 0 fully saturated rings. The number of hydrogen-bond donors (Lipinski definition) is 2. The minimum Gasteiger partial charge on any atom is -0.494 e. The third-order valence-corrected chi connectivity index (χ3v) is 4.49. The van der Waals surface area contributed by atoms with Crippen molar-refractivity contribution in [2.45, 2.75) is 19.5 Å². The van der Waals surface area contributed by atoms with Crippen LogP contribution < -0.4 is 19.7 Å². The van der Waals surface area contributed by atoms with Gasteiger partial charge in [-0.1, -0.05) is 0 Å². The molecule has 1 unspecified atom stereocenters. The van der Waals surface area contributed by atoms with Gasteiger partial charge in [-0.15, -0.1) is 0 Å². The van der Waals surface area contributed by atoms with Crippen molar-refractivity contribution in [1.82, 2.24) is 0 Å². The molecule has 8 nitrogen and oxygen atoms in total. The van der Waals surface area contributed by atoms with E-state index in [9.17, 15) is 19.3 Å². The molecule has 0 aliphatic heterocycles. The van der Waals surface area contributed by atoms with Crippen molar-refractivity contribution in [3.8, 4) is 11.5 Å². The Morgan fingerprint density at radius 2 is 1.89 bits per heavy atom. The Morgan fingerprint density at radius 1 is 1.21 bits per heavy atom. The van der Waals surface area contributed by atoms with Gasteiger partial charge in [0, 0.05) is 11.6 Å². The molecule has 2 aromatic carbocycles. The Bertz CT molecular complexity index is 875. The van der Waals surface area contributed by atoms with Crippen molar-refractivity contribution >= 4 is 17.3 Å². The smallest absolute Gasteiger partial charge is 0.282 e. The van der Waals surface area contributed by atoms with Crippen LogP contribution in [0.5, 0.6) is 11.5 Å². The van der Waals surface area contributed by atoms with Crippen molar-refractivity contribution in [2.75, 3.05) is 26.6 Å². The highest BCUT2D eigenvalue weighted by molar-refractivity contribution is 5.95.